The molecule has 0 spiro atoms. The first-order valence-electron chi connectivity index (χ1n) is 13.0. The number of hydrogen-bond donors (Lipinski definition) is 2. The topological polar surface area (TPSA) is 79.1 Å². The van der Waals surface area contributed by atoms with Gasteiger partial charge in [0, 0.05) is 6.42 Å². The van der Waals surface area contributed by atoms with Gasteiger partial charge in [0.05, 0.1) is 6.10 Å². The van der Waals surface area contributed by atoms with Crippen LogP contribution in [0, 0.1) is 52.3 Å². The predicted octanol–water partition coefficient (Wildman–Crippen LogP) is 5.20. The van der Waals surface area contributed by atoms with Crippen LogP contribution in [-0.4, -0.2) is 21.4 Å². The molecule has 1 aromatic rings. The molecular formula is C26H42N2O3. The maximum absolute atomic E-state index is 11.8. The largest absolute Gasteiger partial charge is 0.438 e. The molecule has 0 aliphatic heterocycles. The molecular weight excluding hydrogens is 388 g/mol. The zero-order chi connectivity index (χ0) is 22.0. The van der Waals surface area contributed by atoms with Crippen LogP contribution in [0.15, 0.2) is 9.32 Å². The molecule has 4 saturated carbocycles. The highest BCUT2D eigenvalue weighted by Crippen LogP contribution is 2.69. The molecule has 4 aliphatic rings. The van der Waals surface area contributed by atoms with Crippen molar-refractivity contribution < 1.29 is 9.63 Å². The molecule has 2 N–H and O–H groups in total. The molecule has 7 unspecified atom stereocenters. The van der Waals surface area contributed by atoms with Gasteiger partial charge in [-0.25, -0.2) is 4.79 Å². The molecule has 5 rings (SSSR count). The molecule has 0 aromatic carbocycles. The lowest BCUT2D eigenvalue weighted by atomic mass is 9.41. The fourth-order valence-corrected chi connectivity index (χ4v) is 9.81. The molecule has 5 nitrogen and oxygen atoms in total. The van der Waals surface area contributed by atoms with Gasteiger partial charge in [-0.15, -0.1) is 0 Å². The average molecular weight is 431 g/mol. The summed E-state index contributed by atoms with van der Waals surface area (Å²) >= 11 is 0. The summed E-state index contributed by atoms with van der Waals surface area (Å²) in [5.74, 6) is 4.26. The number of nitrogens with zero attached hydrogens (tertiary/aromatic N) is 1. The number of aliphatic hydroxyl groups is 1. The van der Waals surface area contributed by atoms with Gasteiger partial charge >= 0.3 is 5.76 Å². The maximum Gasteiger partial charge on any atom is 0.438 e. The molecule has 4 fully saturated rings. The van der Waals surface area contributed by atoms with Crippen LogP contribution in [0.2, 0.25) is 0 Å². The summed E-state index contributed by atoms with van der Waals surface area (Å²) in [6.07, 6.45) is 12.2. The van der Waals surface area contributed by atoms with Crippen molar-refractivity contribution in [2.24, 2.45) is 52.3 Å². The van der Waals surface area contributed by atoms with E-state index in [1.165, 1.54) is 51.4 Å². The standard InChI is InChI=1S/C26H42N2O3/c1-5-16-18-8-6-7-12-25(18,3)20-11-13-26(4)17(9-10-19(26)22(20)23(16)29)15(2)14-21-27-24(30)31-28-21/h15-20,22-23,29H,5-14H2,1-4H3,(H,27,28,30)/t15-,16-,17?,18?,19?,20?,22?,23-,25?,26?/m1/s1. The third kappa shape index (κ3) is 3.20. The first-order valence-corrected chi connectivity index (χ1v) is 13.0. The number of nitrogens with one attached hydrogen (secondary N) is 1. The van der Waals surface area contributed by atoms with E-state index in [9.17, 15) is 9.90 Å². The van der Waals surface area contributed by atoms with E-state index in [0.29, 0.717) is 52.7 Å². The number of rotatable bonds is 4. The van der Waals surface area contributed by atoms with Crippen molar-refractivity contribution in [3.05, 3.63) is 16.4 Å². The third-order valence-electron chi connectivity index (χ3n) is 11.1. The fourth-order valence-electron chi connectivity index (χ4n) is 9.81. The van der Waals surface area contributed by atoms with E-state index >= 15 is 0 Å². The highest BCUT2D eigenvalue weighted by molar-refractivity contribution is 5.13. The number of aromatic nitrogens is 2. The Labute approximate surface area is 186 Å². The lowest BCUT2D eigenvalue weighted by Gasteiger charge is -2.64. The summed E-state index contributed by atoms with van der Waals surface area (Å²) in [5.41, 5.74) is 0.704. The Hall–Kier alpha value is -1.10. The second-order valence-corrected chi connectivity index (χ2v) is 12.2. The van der Waals surface area contributed by atoms with Crippen LogP contribution in [-0.2, 0) is 6.42 Å². The van der Waals surface area contributed by atoms with Crippen LogP contribution >= 0.6 is 0 Å². The molecule has 0 bridgehead atoms. The molecule has 1 aromatic heterocycles. The van der Waals surface area contributed by atoms with Crippen molar-refractivity contribution in [2.45, 2.75) is 98.0 Å². The number of fused-ring (bicyclic) bond motifs is 5. The van der Waals surface area contributed by atoms with Gasteiger partial charge in [-0.1, -0.05) is 52.1 Å². The van der Waals surface area contributed by atoms with E-state index in [1.54, 1.807) is 0 Å². The minimum absolute atomic E-state index is 0.128. The Morgan fingerprint density at radius 2 is 1.87 bits per heavy atom. The smallest absolute Gasteiger partial charge is 0.393 e. The summed E-state index contributed by atoms with van der Waals surface area (Å²) in [7, 11) is 0. The molecule has 1 heterocycles. The first kappa shape index (κ1) is 21.7. The summed E-state index contributed by atoms with van der Waals surface area (Å²) < 4.78 is 4.74. The minimum Gasteiger partial charge on any atom is -0.393 e. The number of hydrogen-bond acceptors (Lipinski definition) is 4. The zero-order valence-electron chi connectivity index (χ0n) is 19.9. The molecule has 10 atom stereocenters. The summed E-state index contributed by atoms with van der Waals surface area (Å²) in [4.78, 5) is 14.1. The van der Waals surface area contributed by atoms with Crippen LogP contribution in [0.25, 0.3) is 0 Å². The van der Waals surface area contributed by atoms with Gasteiger partial charge in [0.15, 0.2) is 5.82 Å². The van der Waals surface area contributed by atoms with Gasteiger partial charge in [-0.3, -0.25) is 9.51 Å². The molecule has 5 heteroatoms. The Bertz CT molecular complexity index is 848. The number of aliphatic hydroxyl groups excluding tert-OH is 1. The molecule has 0 radical (unpaired) electrons. The van der Waals surface area contributed by atoms with Crippen molar-refractivity contribution in [2.75, 3.05) is 0 Å². The van der Waals surface area contributed by atoms with Crippen LogP contribution in [0.1, 0.15) is 91.3 Å². The highest BCUT2D eigenvalue weighted by Gasteiger charge is 2.64. The van der Waals surface area contributed by atoms with Crippen molar-refractivity contribution in [1.29, 1.82) is 0 Å². The Morgan fingerprint density at radius 3 is 2.58 bits per heavy atom. The van der Waals surface area contributed by atoms with Crippen LogP contribution in [0.5, 0.6) is 0 Å². The average Bonchev–Trinajstić information content (AvgIpc) is 3.30. The van der Waals surface area contributed by atoms with Crippen molar-refractivity contribution in [3.63, 3.8) is 0 Å². The van der Waals surface area contributed by atoms with Crippen LogP contribution < -0.4 is 5.76 Å². The second-order valence-electron chi connectivity index (χ2n) is 12.2. The van der Waals surface area contributed by atoms with Gasteiger partial charge in [0.1, 0.15) is 0 Å². The lowest BCUT2D eigenvalue weighted by molar-refractivity contribution is -0.194. The monoisotopic (exact) mass is 430 g/mol. The van der Waals surface area contributed by atoms with E-state index in [4.69, 9.17) is 4.52 Å². The molecule has 31 heavy (non-hydrogen) atoms. The quantitative estimate of drug-likeness (QED) is 0.688. The van der Waals surface area contributed by atoms with E-state index in [1.807, 2.05) is 0 Å². The van der Waals surface area contributed by atoms with Crippen molar-refractivity contribution >= 4 is 0 Å². The van der Waals surface area contributed by atoms with Crippen LogP contribution in [0.4, 0.5) is 0 Å². The minimum atomic E-state index is -0.454. The second kappa shape index (κ2) is 7.74. The van der Waals surface area contributed by atoms with E-state index in [2.05, 4.69) is 37.8 Å². The Kier molecular flexibility index (Phi) is 5.43. The van der Waals surface area contributed by atoms with E-state index in [-0.39, 0.29) is 11.5 Å². The van der Waals surface area contributed by atoms with Gasteiger partial charge < -0.3 is 5.11 Å². The van der Waals surface area contributed by atoms with Gasteiger partial charge in [-0.2, -0.15) is 0 Å². The van der Waals surface area contributed by atoms with E-state index < -0.39 is 5.76 Å². The van der Waals surface area contributed by atoms with Crippen molar-refractivity contribution in [3.8, 4) is 0 Å². The molecule has 174 valence electrons. The molecule has 0 saturated heterocycles. The number of aromatic amines is 1. The summed E-state index contributed by atoms with van der Waals surface area (Å²) in [6, 6.07) is 0. The normalized spacial score (nSPS) is 48.0. The van der Waals surface area contributed by atoms with Crippen LogP contribution in [0.3, 0.4) is 0 Å². The molecule has 0 amide bonds. The molecule has 4 aliphatic carbocycles. The third-order valence-corrected chi connectivity index (χ3v) is 11.1. The Balaban J connectivity index is 1.42. The number of H-pyrrole nitrogens is 1. The zero-order valence-corrected chi connectivity index (χ0v) is 19.9. The fraction of sp³-hybridized carbons (Fsp3) is 0.923. The van der Waals surface area contributed by atoms with Gasteiger partial charge in [0.2, 0.25) is 0 Å². The first-order chi connectivity index (χ1) is 14.8. The summed E-state index contributed by atoms with van der Waals surface area (Å²) in [5, 5.41) is 15.7. The van der Waals surface area contributed by atoms with Crippen molar-refractivity contribution in [1.82, 2.24) is 10.1 Å². The maximum atomic E-state index is 11.8. The SMILES string of the molecule is CC[C@@H]1C2CCCCC2(C)C2CCC3(C)C(CCC3[C@H](C)Cc3noc(=O)[nH]3)C2[C@@H]1O. The van der Waals surface area contributed by atoms with E-state index in [0.717, 1.165) is 12.8 Å². The Morgan fingerprint density at radius 1 is 1.10 bits per heavy atom. The predicted molar refractivity (Wildman–Crippen MR) is 120 cm³/mol. The highest BCUT2D eigenvalue weighted by atomic mass is 16.5. The van der Waals surface area contributed by atoms with Gasteiger partial charge in [0.25, 0.3) is 0 Å². The summed E-state index contributed by atoms with van der Waals surface area (Å²) in [6.45, 7) is 9.75. The van der Waals surface area contributed by atoms with Gasteiger partial charge in [-0.05, 0) is 90.8 Å². The lowest BCUT2D eigenvalue weighted by Crippen LogP contribution is -2.61.